The van der Waals surface area contributed by atoms with Crippen LogP contribution in [-0.4, -0.2) is 52.4 Å². The summed E-state index contributed by atoms with van der Waals surface area (Å²) in [5.41, 5.74) is -2.47. The van der Waals surface area contributed by atoms with Gasteiger partial charge >= 0.3 is 17.9 Å². The summed E-state index contributed by atoms with van der Waals surface area (Å²) in [6.45, 7) is 0. The highest BCUT2D eigenvalue weighted by atomic mass is 16.5. The molecule has 9 nitrogen and oxygen atoms in total. The van der Waals surface area contributed by atoms with Gasteiger partial charge in [0.2, 0.25) is 0 Å². The van der Waals surface area contributed by atoms with Crippen LogP contribution in [0.2, 0.25) is 0 Å². The summed E-state index contributed by atoms with van der Waals surface area (Å²) in [7, 11) is 2.14. The number of aromatic carboxylic acids is 3. The smallest absolute Gasteiger partial charge is 0.358 e. The van der Waals surface area contributed by atoms with E-state index in [1.54, 1.807) is 0 Å². The number of carboxylic acid groups (broad SMARTS) is 3. The van der Waals surface area contributed by atoms with E-state index in [2.05, 4.69) is 4.98 Å². The zero-order valence-corrected chi connectivity index (χ0v) is 9.83. The second-order valence-corrected chi connectivity index (χ2v) is 3.17. The Bertz CT molecular complexity index is 565. The minimum Gasteiger partial charge on any atom is -0.492 e. The molecule has 0 bridgehead atoms. The van der Waals surface area contributed by atoms with Gasteiger partial charge in [-0.05, 0) is 0 Å². The number of carboxylic acids is 3. The van der Waals surface area contributed by atoms with Crippen LogP contribution in [0.15, 0.2) is 0 Å². The first kappa shape index (κ1) is 14.2. The van der Waals surface area contributed by atoms with Crippen molar-refractivity contribution >= 4 is 17.9 Å². The third-order valence-electron chi connectivity index (χ3n) is 2.14. The van der Waals surface area contributed by atoms with E-state index in [4.69, 9.17) is 24.8 Å². The maximum atomic E-state index is 11.1. The fraction of sp³-hybridized carbons (Fsp3) is 0.200. The van der Waals surface area contributed by atoms with Crippen LogP contribution in [0.1, 0.15) is 31.3 Å². The topological polar surface area (TPSA) is 143 Å². The standard InChI is InChI=1S/C10H9NO8/c1-18-6-3(8(12)13)4(9(14)15)11-5(10(16)17)7(6)19-2/h1-2H3,(H,12,13)(H,14,15)(H,16,17). The number of carbonyl (C=O) groups is 3. The maximum absolute atomic E-state index is 11.1. The molecule has 0 aliphatic rings. The Morgan fingerprint density at radius 2 is 1.32 bits per heavy atom. The van der Waals surface area contributed by atoms with Crippen molar-refractivity contribution in [3.05, 3.63) is 17.0 Å². The molecule has 0 aromatic carbocycles. The molecule has 0 radical (unpaired) electrons. The summed E-state index contributed by atoms with van der Waals surface area (Å²) in [4.78, 5) is 36.3. The summed E-state index contributed by atoms with van der Waals surface area (Å²) in [5.74, 6) is -5.87. The van der Waals surface area contributed by atoms with Gasteiger partial charge in [-0.2, -0.15) is 0 Å². The molecule has 9 heteroatoms. The lowest BCUT2D eigenvalue weighted by Crippen LogP contribution is -2.17. The summed E-state index contributed by atoms with van der Waals surface area (Å²) in [5, 5.41) is 26.8. The number of aromatic nitrogens is 1. The van der Waals surface area contributed by atoms with Crippen molar-refractivity contribution < 1.29 is 39.2 Å². The van der Waals surface area contributed by atoms with Gasteiger partial charge in [0.05, 0.1) is 14.2 Å². The summed E-state index contributed by atoms with van der Waals surface area (Å²) in [6, 6.07) is 0. The van der Waals surface area contributed by atoms with Gasteiger partial charge in [0.25, 0.3) is 0 Å². The number of methoxy groups -OCH3 is 2. The van der Waals surface area contributed by atoms with E-state index in [9.17, 15) is 14.4 Å². The maximum Gasteiger partial charge on any atom is 0.358 e. The molecular weight excluding hydrogens is 262 g/mol. The molecule has 1 heterocycles. The molecule has 0 saturated heterocycles. The minimum atomic E-state index is -1.69. The second kappa shape index (κ2) is 5.21. The number of rotatable bonds is 5. The molecule has 1 aromatic rings. The van der Waals surface area contributed by atoms with Gasteiger partial charge in [0, 0.05) is 0 Å². The van der Waals surface area contributed by atoms with Crippen LogP contribution in [0.4, 0.5) is 0 Å². The van der Waals surface area contributed by atoms with E-state index in [-0.39, 0.29) is 0 Å². The molecule has 0 aliphatic heterocycles. The van der Waals surface area contributed by atoms with Gasteiger partial charge in [-0.3, -0.25) is 0 Å². The van der Waals surface area contributed by atoms with Crippen LogP contribution in [0.25, 0.3) is 0 Å². The first-order valence-electron chi connectivity index (χ1n) is 4.71. The van der Waals surface area contributed by atoms with Crippen molar-refractivity contribution in [3.8, 4) is 11.5 Å². The third-order valence-corrected chi connectivity index (χ3v) is 2.14. The Kier molecular flexibility index (Phi) is 3.90. The number of hydrogen-bond donors (Lipinski definition) is 3. The molecule has 0 atom stereocenters. The first-order valence-corrected chi connectivity index (χ1v) is 4.71. The third kappa shape index (κ3) is 2.39. The van der Waals surface area contributed by atoms with E-state index in [1.165, 1.54) is 0 Å². The van der Waals surface area contributed by atoms with E-state index in [0.717, 1.165) is 14.2 Å². The van der Waals surface area contributed by atoms with Crippen LogP contribution in [-0.2, 0) is 0 Å². The van der Waals surface area contributed by atoms with Gasteiger partial charge in [-0.15, -0.1) is 0 Å². The van der Waals surface area contributed by atoms with Crippen molar-refractivity contribution in [2.45, 2.75) is 0 Å². The Morgan fingerprint density at radius 3 is 1.63 bits per heavy atom. The molecule has 0 fully saturated rings. The Morgan fingerprint density at radius 1 is 0.842 bits per heavy atom. The predicted octanol–water partition coefficient (Wildman–Crippen LogP) is 0.193. The van der Waals surface area contributed by atoms with Crippen molar-refractivity contribution in [2.24, 2.45) is 0 Å². The largest absolute Gasteiger partial charge is 0.492 e. The zero-order chi connectivity index (χ0) is 14.7. The first-order chi connectivity index (χ1) is 8.84. The van der Waals surface area contributed by atoms with Gasteiger partial charge in [0.15, 0.2) is 22.9 Å². The van der Waals surface area contributed by atoms with Gasteiger partial charge in [-0.1, -0.05) is 0 Å². The molecule has 3 N–H and O–H groups in total. The fourth-order valence-electron chi connectivity index (χ4n) is 1.43. The SMILES string of the molecule is COc1c(C(=O)O)nc(C(=O)O)c(C(=O)O)c1OC. The van der Waals surface area contributed by atoms with Crippen LogP contribution < -0.4 is 9.47 Å². The lowest BCUT2D eigenvalue weighted by molar-refractivity contribution is 0.0635. The number of hydrogen-bond acceptors (Lipinski definition) is 6. The van der Waals surface area contributed by atoms with Crippen LogP contribution >= 0.6 is 0 Å². The van der Waals surface area contributed by atoms with Crippen LogP contribution in [0, 0.1) is 0 Å². The Balaban J connectivity index is 3.86. The minimum absolute atomic E-state index is 0.461. The fourth-order valence-corrected chi connectivity index (χ4v) is 1.43. The monoisotopic (exact) mass is 271 g/mol. The number of nitrogens with zero attached hydrogens (tertiary/aromatic N) is 1. The van der Waals surface area contributed by atoms with Crippen LogP contribution in [0.3, 0.4) is 0 Å². The van der Waals surface area contributed by atoms with Crippen molar-refractivity contribution in [3.63, 3.8) is 0 Å². The van der Waals surface area contributed by atoms with E-state index in [1.807, 2.05) is 0 Å². The van der Waals surface area contributed by atoms with Crippen molar-refractivity contribution in [2.75, 3.05) is 14.2 Å². The van der Waals surface area contributed by atoms with Gasteiger partial charge in [-0.25, -0.2) is 19.4 Å². The summed E-state index contributed by atoms with van der Waals surface area (Å²) in [6.07, 6.45) is 0. The van der Waals surface area contributed by atoms with Crippen LogP contribution in [0.5, 0.6) is 11.5 Å². The van der Waals surface area contributed by atoms with E-state index < -0.39 is 46.4 Å². The highest BCUT2D eigenvalue weighted by Gasteiger charge is 2.31. The molecule has 0 amide bonds. The average molecular weight is 271 g/mol. The summed E-state index contributed by atoms with van der Waals surface area (Å²) >= 11 is 0. The average Bonchev–Trinajstić information content (AvgIpc) is 2.35. The number of pyridine rings is 1. The molecule has 0 unspecified atom stereocenters. The number of ether oxygens (including phenoxy) is 2. The highest BCUT2D eigenvalue weighted by Crippen LogP contribution is 2.35. The normalized spacial score (nSPS) is 9.79. The van der Waals surface area contributed by atoms with E-state index in [0.29, 0.717) is 0 Å². The molecule has 0 saturated carbocycles. The lowest BCUT2D eigenvalue weighted by Gasteiger charge is -2.13. The lowest BCUT2D eigenvalue weighted by atomic mass is 10.1. The van der Waals surface area contributed by atoms with Crippen molar-refractivity contribution in [1.29, 1.82) is 0 Å². The molecule has 102 valence electrons. The Hall–Kier alpha value is -2.84. The highest BCUT2D eigenvalue weighted by molar-refractivity contribution is 6.05. The summed E-state index contributed by atoms with van der Waals surface area (Å²) < 4.78 is 9.47. The molecule has 1 aromatic heterocycles. The van der Waals surface area contributed by atoms with E-state index >= 15 is 0 Å². The van der Waals surface area contributed by atoms with Gasteiger partial charge in [0.1, 0.15) is 5.56 Å². The quantitative estimate of drug-likeness (QED) is 0.683. The Labute approximate surface area is 106 Å². The molecule has 1 rings (SSSR count). The van der Waals surface area contributed by atoms with Gasteiger partial charge < -0.3 is 24.8 Å². The zero-order valence-electron chi connectivity index (χ0n) is 9.83. The predicted molar refractivity (Wildman–Crippen MR) is 58.2 cm³/mol. The molecule has 0 aliphatic carbocycles. The molecule has 19 heavy (non-hydrogen) atoms. The molecular formula is C10H9NO8. The molecule has 0 spiro atoms. The van der Waals surface area contributed by atoms with Crippen molar-refractivity contribution in [1.82, 2.24) is 4.98 Å². The second-order valence-electron chi connectivity index (χ2n) is 3.17.